The first-order chi connectivity index (χ1) is 17.6. The van der Waals surface area contributed by atoms with Crippen LogP contribution in [-0.4, -0.2) is 68.6 Å². The molecule has 2 fully saturated rings. The van der Waals surface area contributed by atoms with Crippen LogP contribution in [0.5, 0.6) is 5.88 Å². The van der Waals surface area contributed by atoms with E-state index in [1.807, 2.05) is 6.92 Å². The monoisotopic (exact) mass is 504 g/mol. The van der Waals surface area contributed by atoms with E-state index < -0.39 is 11.0 Å². The Kier molecular flexibility index (Phi) is 5.86. The molecule has 2 aliphatic heterocycles. The number of ketones is 2. The molecular weight excluding hydrogens is 476 g/mol. The summed E-state index contributed by atoms with van der Waals surface area (Å²) in [5.41, 5.74) is 9.00. The van der Waals surface area contributed by atoms with Crippen LogP contribution < -0.4 is 4.74 Å². The zero-order valence-corrected chi connectivity index (χ0v) is 21.3. The summed E-state index contributed by atoms with van der Waals surface area (Å²) in [5.74, 6) is 0.240. The predicted octanol–water partition coefficient (Wildman–Crippen LogP) is 3.37. The number of aliphatic imine (C=N–C) groups is 1. The highest BCUT2D eigenvalue weighted by Crippen LogP contribution is 2.57. The number of pyridine rings is 1. The average molecular weight is 505 g/mol. The van der Waals surface area contributed by atoms with Gasteiger partial charge in [-0.05, 0) is 37.8 Å². The number of azide groups is 1. The van der Waals surface area contributed by atoms with E-state index in [9.17, 15) is 19.9 Å². The molecule has 12 nitrogen and oxygen atoms in total. The molecule has 4 heterocycles. The maximum absolute atomic E-state index is 13.5. The molecule has 0 N–H and O–H groups in total. The Labute approximate surface area is 213 Å². The first kappa shape index (κ1) is 24.6. The summed E-state index contributed by atoms with van der Waals surface area (Å²) in [4.78, 5) is 53.4. The zero-order valence-electron chi connectivity index (χ0n) is 21.3. The molecule has 1 amide bonds. The van der Waals surface area contributed by atoms with Crippen molar-refractivity contribution < 1.29 is 19.1 Å². The van der Waals surface area contributed by atoms with Gasteiger partial charge in [0.15, 0.2) is 22.9 Å². The van der Waals surface area contributed by atoms with Gasteiger partial charge in [-0.2, -0.15) is 5.10 Å². The largest absolute Gasteiger partial charge is 0.481 e. The third-order valence-corrected chi connectivity index (χ3v) is 8.03. The Morgan fingerprint density at radius 2 is 2.03 bits per heavy atom. The summed E-state index contributed by atoms with van der Waals surface area (Å²) in [6.45, 7) is 4.51. The maximum atomic E-state index is 13.5. The van der Waals surface area contributed by atoms with Crippen LogP contribution in [-0.2, 0) is 11.8 Å². The number of aromatic nitrogens is 3. The van der Waals surface area contributed by atoms with E-state index in [1.165, 1.54) is 24.2 Å². The highest BCUT2D eigenvalue weighted by molar-refractivity contribution is 6.29. The maximum Gasteiger partial charge on any atom is 0.223 e. The molecule has 5 rings (SSSR count). The molecule has 0 radical (unpaired) electrons. The molecule has 3 aliphatic rings. The molecule has 1 saturated heterocycles. The molecule has 1 aliphatic carbocycles. The minimum absolute atomic E-state index is 0.0135. The third kappa shape index (κ3) is 3.62. The number of carbonyl (C=O) groups excluding carboxylic acids is 3. The summed E-state index contributed by atoms with van der Waals surface area (Å²) in [7, 11) is 3.23. The smallest absolute Gasteiger partial charge is 0.223 e. The molecule has 2 aromatic rings. The third-order valence-electron chi connectivity index (χ3n) is 8.03. The number of aryl methyl sites for hydroxylation is 2. The van der Waals surface area contributed by atoms with Crippen molar-refractivity contribution >= 4 is 29.0 Å². The van der Waals surface area contributed by atoms with E-state index in [0.717, 1.165) is 5.56 Å². The minimum Gasteiger partial charge on any atom is -0.481 e. The van der Waals surface area contributed by atoms with Crippen LogP contribution in [0, 0.1) is 18.3 Å². The molecule has 0 spiro atoms. The van der Waals surface area contributed by atoms with E-state index in [0.29, 0.717) is 60.9 Å². The molecule has 0 aromatic carbocycles. The lowest BCUT2D eigenvalue weighted by Crippen LogP contribution is -2.68. The van der Waals surface area contributed by atoms with Gasteiger partial charge in [0, 0.05) is 65.8 Å². The summed E-state index contributed by atoms with van der Waals surface area (Å²) < 4.78 is 6.68. The van der Waals surface area contributed by atoms with Crippen molar-refractivity contribution in [3.8, 4) is 5.88 Å². The predicted molar refractivity (Wildman–Crippen MR) is 133 cm³/mol. The van der Waals surface area contributed by atoms with Crippen molar-refractivity contribution in [3.63, 3.8) is 0 Å². The van der Waals surface area contributed by atoms with Crippen LogP contribution in [0.2, 0.25) is 0 Å². The second-order valence-electron chi connectivity index (χ2n) is 10.3. The van der Waals surface area contributed by atoms with Crippen molar-refractivity contribution in [2.75, 3.05) is 20.2 Å². The number of ether oxygens (including phenoxy) is 1. The Morgan fingerprint density at radius 3 is 2.68 bits per heavy atom. The van der Waals surface area contributed by atoms with Crippen LogP contribution in [0.15, 0.2) is 28.6 Å². The number of rotatable bonds is 6. The van der Waals surface area contributed by atoms with Crippen molar-refractivity contribution in [2.24, 2.45) is 28.5 Å². The van der Waals surface area contributed by atoms with Gasteiger partial charge < -0.3 is 9.64 Å². The number of likely N-dealkylation sites (tertiary alicyclic amines) is 1. The molecule has 2 unspecified atom stereocenters. The highest BCUT2D eigenvalue weighted by atomic mass is 16.5. The van der Waals surface area contributed by atoms with Gasteiger partial charge >= 0.3 is 0 Å². The lowest BCUT2D eigenvalue weighted by atomic mass is 9.50. The number of hydrogen-bond donors (Lipinski definition) is 0. The van der Waals surface area contributed by atoms with E-state index in [-0.39, 0.29) is 29.8 Å². The Hall–Kier alpha value is -4.05. The van der Waals surface area contributed by atoms with Gasteiger partial charge in [0.25, 0.3) is 0 Å². The summed E-state index contributed by atoms with van der Waals surface area (Å²) in [6.07, 6.45) is 4.44. The van der Waals surface area contributed by atoms with Crippen molar-refractivity contribution in [3.05, 3.63) is 45.6 Å². The summed E-state index contributed by atoms with van der Waals surface area (Å²) in [6, 6.07) is 1.78. The van der Waals surface area contributed by atoms with Gasteiger partial charge in [-0.25, -0.2) is 9.98 Å². The molecule has 2 aromatic heterocycles. The minimum atomic E-state index is -1.53. The SMILES string of the molecule is COc1ncc(C(=O)C2CCN(C(=O)CC3(C)CC4=Nc5c(cnn5C)C(=O)C43N=[N+]=[N-])CC2)cc1C. The standard InChI is InChI=1S/C25H28N8O4/c1-14-9-16(12-27-23(14)37-4)20(35)15-5-7-33(8-6-15)19(34)11-24(2)10-18-25(24,30-31-26)21(36)17-13-28-32(3)22(17)29-18/h9,12-13,15H,5-8,10-11H2,1-4H3. The van der Waals surface area contributed by atoms with Crippen molar-refractivity contribution in [1.29, 1.82) is 0 Å². The molecule has 37 heavy (non-hydrogen) atoms. The second kappa shape index (κ2) is 8.81. The molecule has 1 saturated carbocycles. The Morgan fingerprint density at radius 1 is 1.30 bits per heavy atom. The average Bonchev–Trinajstić information content (AvgIpc) is 3.26. The number of methoxy groups -OCH3 is 1. The summed E-state index contributed by atoms with van der Waals surface area (Å²) >= 11 is 0. The van der Waals surface area contributed by atoms with Gasteiger partial charge in [0.1, 0.15) is 0 Å². The number of hydrogen-bond acceptors (Lipinski definition) is 8. The fraction of sp³-hybridized carbons (Fsp3) is 0.520. The van der Waals surface area contributed by atoms with Gasteiger partial charge in [0.05, 0.1) is 18.9 Å². The van der Waals surface area contributed by atoms with Gasteiger partial charge in [-0.15, -0.1) is 0 Å². The Bertz CT molecular complexity index is 1400. The molecular formula is C25H28N8O4. The number of piperidine rings is 1. The van der Waals surface area contributed by atoms with E-state index in [2.05, 4.69) is 25.1 Å². The van der Waals surface area contributed by atoms with Crippen LogP contribution in [0.25, 0.3) is 10.4 Å². The highest BCUT2D eigenvalue weighted by Gasteiger charge is 2.68. The number of Topliss-reactive ketones (excluding diaryl/α,β-unsaturated/α-hetero) is 2. The van der Waals surface area contributed by atoms with Crippen LogP contribution in [0.4, 0.5) is 5.82 Å². The topological polar surface area (TPSA) is 156 Å². The molecule has 192 valence electrons. The number of carbonyl (C=O) groups is 3. The van der Waals surface area contributed by atoms with Crippen LogP contribution >= 0.6 is 0 Å². The number of amides is 1. The zero-order chi connectivity index (χ0) is 26.5. The first-order valence-corrected chi connectivity index (χ1v) is 12.2. The lowest BCUT2D eigenvalue weighted by Gasteiger charge is -2.55. The van der Waals surface area contributed by atoms with Gasteiger partial charge in [-0.1, -0.05) is 12.0 Å². The first-order valence-electron chi connectivity index (χ1n) is 12.2. The molecule has 12 heteroatoms. The van der Waals surface area contributed by atoms with E-state index in [4.69, 9.17) is 4.74 Å². The normalized spacial score (nSPS) is 24.8. The summed E-state index contributed by atoms with van der Waals surface area (Å²) in [5, 5.41) is 8.06. The Balaban J connectivity index is 1.28. The van der Waals surface area contributed by atoms with Crippen molar-refractivity contribution in [1.82, 2.24) is 19.7 Å². The number of nitrogens with zero attached hydrogens (tertiary/aromatic N) is 8. The fourth-order valence-electron chi connectivity index (χ4n) is 5.90. The molecule has 0 bridgehead atoms. The van der Waals surface area contributed by atoms with E-state index in [1.54, 1.807) is 24.9 Å². The van der Waals surface area contributed by atoms with E-state index >= 15 is 0 Å². The van der Waals surface area contributed by atoms with Gasteiger partial charge in [0.2, 0.25) is 11.8 Å². The quantitative estimate of drug-likeness (QED) is 0.254. The van der Waals surface area contributed by atoms with Gasteiger partial charge in [-0.3, -0.25) is 19.1 Å². The van der Waals surface area contributed by atoms with Crippen LogP contribution in [0.1, 0.15) is 58.9 Å². The second-order valence-corrected chi connectivity index (χ2v) is 10.3. The van der Waals surface area contributed by atoms with Crippen molar-refractivity contribution in [2.45, 2.75) is 45.1 Å². The molecule has 2 atom stereocenters. The lowest BCUT2D eigenvalue weighted by molar-refractivity contribution is -0.135. The fourth-order valence-corrected chi connectivity index (χ4v) is 5.90. The number of fused-ring (bicyclic) bond motifs is 2. The van der Waals surface area contributed by atoms with Crippen LogP contribution in [0.3, 0.4) is 0 Å².